The second-order valence-corrected chi connectivity index (χ2v) is 7.65. The van der Waals surface area contributed by atoms with Gasteiger partial charge in [0, 0.05) is 26.2 Å². The standard InChI is InChI=1S/C20H29N3O3/c1-14(2)11-22-19(24)17-10-16-12-23(13-18(17)26-16)20(25)21-9-8-15-6-4-3-5-7-15/h3-7,14,16-18H,8-13H2,1-2H3,(H,21,25)(H,22,24)/t16-,17+,18-/m1/s1. The summed E-state index contributed by atoms with van der Waals surface area (Å²) in [6.07, 6.45) is 1.27. The Bertz CT molecular complexity index is 620. The number of likely N-dealkylation sites (tertiary alicyclic amines) is 1. The molecule has 1 aromatic rings. The van der Waals surface area contributed by atoms with Crippen LogP contribution in [0.3, 0.4) is 0 Å². The number of ether oxygens (including phenoxy) is 1. The molecule has 2 aliphatic rings. The Morgan fingerprint density at radius 1 is 1.19 bits per heavy atom. The summed E-state index contributed by atoms with van der Waals surface area (Å²) < 4.78 is 5.91. The highest BCUT2D eigenvalue weighted by Crippen LogP contribution is 2.32. The van der Waals surface area contributed by atoms with Crippen LogP contribution < -0.4 is 10.6 Å². The lowest BCUT2D eigenvalue weighted by Gasteiger charge is -2.32. The number of hydrogen-bond donors (Lipinski definition) is 2. The number of rotatable bonds is 6. The molecule has 2 bridgehead atoms. The van der Waals surface area contributed by atoms with Gasteiger partial charge < -0.3 is 20.3 Å². The van der Waals surface area contributed by atoms with E-state index in [9.17, 15) is 9.59 Å². The van der Waals surface area contributed by atoms with E-state index in [1.54, 1.807) is 4.90 Å². The summed E-state index contributed by atoms with van der Waals surface area (Å²) in [6.45, 7) is 6.47. The molecule has 0 saturated carbocycles. The van der Waals surface area contributed by atoms with E-state index in [1.807, 2.05) is 18.2 Å². The Morgan fingerprint density at radius 2 is 1.96 bits per heavy atom. The number of nitrogens with one attached hydrogen (secondary N) is 2. The Balaban J connectivity index is 1.46. The van der Waals surface area contributed by atoms with E-state index in [2.05, 4.69) is 36.6 Å². The number of benzene rings is 1. The summed E-state index contributed by atoms with van der Waals surface area (Å²) in [6, 6.07) is 10.0. The molecule has 6 nitrogen and oxygen atoms in total. The van der Waals surface area contributed by atoms with Gasteiger partial charge in [-0.1, -0.05) is 44.2 Å². The summed E-state index contributed by atoms with van der Waals surface area (Å²) in [7, 11) is 0. The maximum absolute atomic E-state index is 12.5. The maximum atomic E-state index is 12.5. The van der Waals surface area contributed by atoms with E-state index >= 15 is 0 Å². The van der Waals surface area contributed by atoms with Gasteiger partial charge in [-0.05, 0) is 24.3 Å². The van der Waals surface area contributed by atoms with Gasteiger partial charge >= 0.3 is 6.03 Å². The minimum atomic E-state index is -0.194. The zero-order valence-corrected chi connectivity index (χ0v) is 15.6. The van der Waals surface area contributed by atoms with Crippen LogP contribution in [0.5, 0.6) is 0 Å². The van der Waals surface area contributed by atoms with E-state index in [0.717, 1.165) is 6.42 Å². The van der Waals surface area contributed by atoms with Crippen molar-refractivity contribution < 1.29 is 14.3 Å². The molecule has 2 saturated heterocycles. The summed E-state index contributed by atoms with van der Waals surface area (Å²) in [5.74, 6) is 0.325. The maximum Gasteiger partial charge on any atom is 0.317 e. The van der Waals surface area contributed by atoms with E-state index in [-0.39, 0.29) is 30.1 Å². The highest BCUT2D eigenvalue weighted by molar-refractivity contribution is 5.80. The molecule has 0 spiro atoms. The minimum absolute atomic E-state index is 0.0385. The molecule has 3 atom stereocenters. The third kappa shape index (κ3) is 4.75. The quantitative estimate of drug-likeness (QED) is 0.814. The van der Waals surface area contributed by atoms with E-state index in [4.69, 9.17) is 4.74 Å². The predicted molar refractivity (Wildman–Crippen MR) is 99.7 cm³/mol. The molecule has 0 aromatic heterocycles. The SMILES string of the molecule is CC(C)CNC(=O)[C@H]1C[C@@H]2CN(C(=O)NCCc3ccccc3)C[C@H]1O2. The monoisotopic (exact) mass is 359 g/mol. The fourth-order valence-electron chi connectivity index (χ4n) is 3.61. The number of fused-ring (bicyclic) bond motifs is 2. The van der Waals surface area contributed by atoms with Gasteiger partial charge in [0.05, 0.1) is 18.1 Å². The third-order valence-corrected chi connectivity index (χ3v) is 5.00. The van der Waals surface area contributed by atoms with Gasteiger partial charge in [0.25, 0.3) is 0 Å². The van der Waals surface area contributed by atoms with Crippen LogP contribution in [0, 0.1) is 11.8 Å². The summed E-state index contributed by atoms with van der Waals surface area (Å²) >= 11 is 0. The second-order valence-electron chi connectivity index (χ2n) is 7.65. The van der Waals surface area contributed by atoms with Gasteiger partial charge in [-0.2, -0.15) is 0 Å². The van der Waals surface area contributed by atoms with Crippen LogP contribution in [-0.4, -0.2) is 55.2 Å². The molecule has 0 unspecified atom stereocenters. The first-order chi connectivity index (χ1) is 12.5. The first-order valence-electron chi connectivity index (χ1n) is 9.53. The first kappa shape index (κ1) is 18.7. The fraction of sp³-hybridized carbons (Fsp3) is 0.600. The van der Waals surface area contributed by atoms with Crippen LogP contribution in [0.4, 0.5) is 4.79 Å². The van der Waals surface area contributed by atoms with Crippen LogP contribution in [0.25, 0.3) is 0 Å². The van der Waals surface area contributed by atoms with Crippen molar-refractivity contribution in [2.75, 3.05) is 26.2 Å². The molecule has 0 aliphatic carbocycles. The zero-order valence-electron chi connectivity index (χ0n) is 15.6. The summed E-state index contributed by atoms with van der Waals surface area (Å²) in [4.78, 5) is 26.6. The van der Waals surface area contributed by atoms with Crippen molar-refractivity contribution in [3.05, 3.63) is 35.9 Å². The molecule has 2 heterocycles. The van der Waals surface area contributed by atoms with Crippen molar-refractivity contribution >= 4 is 11.9 Å². The van der Waals surface area contributed by atoms with Crippen molar-refractivity contribution in [2.24, 2.45) is 11.8 Å². The van der Waals surface area contributed by atoms with Gasteiger partial charge in [-0.15, -0.1) is 0 Å². The molecular formula is C20H29N3O3. The van der Waals surface area contributed by atoms with E-state index in [0.29, 0.717) is 38.5 Å². The number of nitrogens with zero attached hydrogens (tertiary/aromatic N) is 1. The molecule has 3 rings (SSSR count). The van der Waals surface area contributed by atoms with Crippen LogP contribution >= 0.6 is 0 Å². The lowest BCUT2D eigenvalue weighted by molar-refractivity contribution is -0.127. The van der Waals surface area contributed by atoms with Gasteiger partial charge in [-0.3, -0.25) is 4.79 Å². The molecule has 2 aliphatic heterocycles. The topological polar surface area (TPSA) is 70.7 Å². The smallest absolute Gasteiger partial charge is 0.317 e. The normalized spacial score (nSPS) is 24.6. The third-order valence-electron chi connectivity index (χ3n) is 5.00. The first-order valence-corrected chi connectivity index (χ1v) is 9.53. The Hall–Kier alpha value is -2.08. The van der Waals surface area contributed by atoms with Crippen molar-refractivity contribution in [2.45, 2.75) is 38.9 Å². The fourth-order valence-corrected chi connectivity index (χ4v) is 3.61. The van der Waals surface area contributed by atoms with Crippen LogP contribution in [0.2, 0.25) is 0 Å². The van der Waals surface area contributed by atoms with E-state index in [1.165, 1.54) is 5.56 Å². The second kappa shape index (κ2) is 8.54. The van der Waals surface area contributed by atoms with Crippen LogP contribution in [0.15, 0.2) is 30.3 Å². The zero-order chi connectivity index (χ0) is 18.5. The molecule has 1 aromatic carbocycles. The Labute approximate surface area is 155 Å². The molecule has 2 N–H and O–H groups in total. The number of urea groups is 1. The van der Waals surface area contributed by atoms with Gasteiger partial charge in [0.2, 0.25) is 5.91 Å². The lowest BCUT2D eigenvalue weighted by Crippen LogP contribution is -2.51. The molecule has 6 heteroatoms. The Morgan fingerprint density at radius 3 is 2.69 bits per heavy atom. The molecule has 142 valence electrons. The van der Waals surface area contributed by atoms with Crippen molar-refractivity contribution in [3.63, 3.8) is 0 Å². The number of morpholine rings is 1. The lowest BCUT2D eigenvalue weighted by atomic mass is 9.99. The largest absolute Gasteiger partial charge is 0.370 e. The van der Waals surface area contributed by atoms with Crippen LogP contribution in [0.1, 0.15) is 25.8 Å². The molecule has 26 heavy (non-hydrogen) atoms. The number of carbonyl (C=O) groups excluding carboxylic acids is 2. The summed E-state index contributed by atoms with van der Waals surface area (Å²) in [5, 5.41) is 5.98. The molecular weight excluding hydrogens is 330 g/mol. The van der Waals surface area contributed by atoms with Gasteiger partial charge in [0.15, 0.2) is 0 Å². The predicted octanol–water partition coefficient (Wildman–Crippen LogP) is 1.80. The molecule has 3 amide bonds. The number of amides is 3. The van der Waals surface area contributed by atoms with Crippen molar-refractivity contribution in [3.8, 4) is 0 Å². The van der Waals surface area contributed by atoms with Gasteiger partial charge in [-0.25, -0.2) is 4.79 Å². The van der Waals surface area contributed by atoms with Crippen molar-refractivity contribution in [1.82, 2.24) is 15.5 Å². The highest BCUT2D eigenvalue weighted by Gasteiger charge is 2.45. The molecule has 0 radical (unpaired) electrons. The average molecular weight is 359 g/mol. The van der Waals surface area contributed by atoms with Crippen LogP contribution in [-0.2, 0) is 16.0 Å². The van der Waals surface area contributed by atoms with Gasteiger partial charge in [0.1, 0.15) is 0 Å². The number of carbonyl (C=O) groups is 2. The highest BCUT2D eigenvalue weighted by atomic mass is 16.5. The number of hydrogen-bond acceptors (Lipinski definition) is 3. The Kier molecular flexibility index (Phi) is 6.14. The van der Waals surface area contributed by atoms with E-state index < -0.39 is 0 Å². The molecule has 2 fully saturated rings. The average Bonchev–Trinajstić information content (AvgIpc) is 2.94. The van der Waals surface area contributed by atoms with Crippen molar-refractivity contribution in [1.29, 1.82) is 0 Å². The minimum Gasteiger partial charge on any atom is -0.370 e. The summed E-state index contributed by atoms with van der Waals surface area (Å²) in [5.41, 5.74) is 1.21.